The Kier molecular flexibility index (Phi) is 8.47. The fourth-order valence-electron chi connectivity index (χ4n) is 7.13. The van der Waals surface area contributed by atoms with E-state index in [0.717, 1.165) is 17.1 Å². The van der Waals surface area contributed by atoms with Crippen LogP contribution in [0.4, 0.5) is 0 Å². The van der Waals surface area contributed by atoms with Crippen LogP contribution in [0.1, 0.15) is 33.8 Å². The maximum Gasteiger partial charge on any atom is 0.0967 e. The van der Waals surface area contributed by atoms with E-state index in [1.54, 1.807) is 0 Å². The minimum atomic E-state index is 0.557. The number of fused-ring (bicyclic) bond motifs is 3. The summed E-state index contributed by atoms with van der Waals surface area (Å²) in [7, 11) is 0. The normalized spacial score (nSPS) is 11.7. The number of benzene rings is 6. The van der Waals surface area contributed by atoms with Gasteiger partial charge in [-0.1, -0.05) is 143 Å². The van der Waals surface area contributed by atoms with Gasteiger partial charge in [-0.05, 0) is 49.0 Å². The van der Waals surface area contributed by atoms with Crippen molar-refractivity contribution in [2.24, 2.45) is 0 Å². The van der Waals surface area contributed by atoms with Gasteiger partial charge in [-0.25, -0.2) is 14.0 Å². The zero-order chi connectivity index (χ0) is 34.7. The lowest BCUT2D eigenvalue weighted by molar-refractivity contribution is 0.238. The molecule has 0 aliphatic rings. The number of hydrogen-bond donors (Lipinski definition) is 0. The molecule has 6 aromatic carbocycles. The van der Waals surface area contributed by atoms with Gasteiger partial charge < -0.3 is 0 Å². The number of hydrogen-bond acceptors (Lipinski definition) is 7. The summed E-state index contributed by atoms with van der Waals surface area (Å²) in [6.07, 6.45) is 6.09. The Morgan fingerprint density at radius 2 is 0.673 bits per heavy atom. The third kappa shape index (κ3) is 6.79. The Labute approximate surface area is 300 Å². The van der Waals surface area contributed by atoms with Crippen LogP contribution in [0.2, 0.25) is 0 Å². The average molecular weight is 681 g/mol. The van der Waals surface area contributed by atoms with E-state index >= 15 is 0 Å². The molecule has 9 aromatic rings. The first-order valence-corrected chi connectivity index (χ1v) is 17.5. The van der Waals surface area contributed by atoms with E-state index < -0.39 is 0 Å². The SMILES string of the molecule is c1ccc2c(Cn3cc(CN(Cc4cn(Cc5cccc6ccccc56)nn4)Cc4cn(Cc5cccc6ccccc56)nn4)nn3)cccc2c1. The first-order chi connectivity index (χ1) is 25.7. The van der Waals surface area contributed by atoms with Crippen molar-refractivity contribution in [1.82, 2.24) is 49.9 Å². The maximum atomic E-state index is 4.58. The topological polar surface area (TPSA) is 95.4 Å². The Bertz CT molecular complexity index is 2330. The predicted molar refractivity (Wildman–Crippen MR) is 202 cm³/mol. The van der Waals surface area contributed by atoms with Gasteiger partial charge in [0.2, 0.25) is 0 Å². The van der Waals surface area contributed by atoms with E-state index in [4.69, 9.17) is 0 Å². The Balaban J connectivity index is 0.951. The van der Waals surface area contributed by atoms with Crippen molar-refractivity contribution in [2.45, 2.75) is 39.3 Å². The van der Waals surface area contributed by atoms with E-state index in [1.165, 1.54) is 49.0 Å². The predicted octanol–water partition coefficient (Wildman–Crippen LogP) is 7.27. The van der Waals surface area contributed by atoms with Crippen LogP contribution in [0, 0.1) is 0 Å². The smallest absolute Gasteiger partial charge is 0.0967 e. The summed E-state index contributed by atoms with van der Waals surface area (Å²) in [6, 6.07) is 44.5. The molecule has 0 aliphatic heterocycles. The zero-order valence-electron chi connectivity index (χ0n) is 28.6. The fourth-order valence-corrected chi connectivity index (χ4v) is 7.13. The molecule has 0 atom stereocenters. The molecule has 10 heteroatoms. The van der Waals surface area contributed by atoms with Gasteiger partial charge in [-0.3, -0.25) is 4.90 Å². The molecule has 3 aromatic heterocycles. The second-order valence-corrected chi connectivity index (χ2v) is 13.3. The standard InChI is InChI=1S/C42H36N10/c1-4-19-40-31(10-1)13-7-16-34(40)22-50-28-37(43-46-50)25-49(26-38-29-51(47-44-38)23-35-17-8-14-32-11-2-5-20-41(32)35)27-39-30-52(48-45-39)24-36-18-9-15-33-12-3-6-21-42(33)36/h1-21,28-30H,22-27H2. The third-order valence-corrected chi connectivity index (χ3v) is 9.55. The highest BCUT2D eigenvalue weighted by Gasteiger charge is 2.16. The molecule has 0 saturated carbocycles. The number of nitrogens with zero attached hydrogens (tertiary/aromatic N) is 10. The molecule has 52 heavy (non-hydrogen) atoms. The Morgan fingerprint density at radius 1 is 0.365 bits per heavy atom. The lowest BCUT2D eigenvalue weighted by Gasteiger charge is -2.18. The fraction of sp³-hybridized carbons (Fsp3) is 0.143. The highest BCUT2D eigenvalue weighted by molar-refractivity contribution is 5.87. The van der Waals surface area contributed by atoms with Gasteiger partial charge in [0.15, 0.2) is 0 Å². The molecule has 0 bridgehead atoms. The summed E-state index contributed by atoms with van der Waals surface area (Å²) in [5.41, 5.74) is 6.22. The number of rotatable bonds is 12. The number of aromatic nitrogens is 9. The second-order valence-electron chi connectivity index (χ2n) is 13.3. The molecule has 3 heterocycles. The summed E-state index contributed by atoms with van der Waals surface area (Å²) in [4.78, 5) is 2.27. The molecule has 9 rings (SSSR count). The lowest BCUT2D eigenvalue weighted by Crippen LogP contribution is -2.23. The minimum Gasteiger partial charge on any atom is -0.285 e. The largest absolute Gasteiger partial charge is 0.285 e. The van der Waals surface area contributed by atoms with Crippen LogP contribution in [-0.4, -0.2) is 49.9 Å². The monoisotopic (exact) mass is 680 g/mol. The van der Waals surface area contributed by atoms with Crippen molar-refractivity contribution in [2.75, 3.05) is 0 Å². The molecule has 254 valence electrons. The highest BCUT2D eigenvalue weighted by Crippen LogP contribution is 2.22. The van der Waals surface area contributed by atoms with E-state index in [0.29, 0.717) is 39.3 Å². The minimum absolute atomic E-state index is 0.557. The van der Waals surface area contributed by atoms with Crippen molar-refractivity contribution in [3.63, 3.8) is 0 Å². The summed E-state index contributed by atoms with van der Waals surface area (Å²) < 4.78 is 5.74. The molecular formula is C42H36N10. The molecule has 0 spiro atoms. The van der Waals surface area contributed by atoms with Gasteiger partial charge in [0, 0.05) is 19.6 Å². The second kappa shape index (κ2) is 14.0. The van der Waals surface area contributed by atoms with Crippen molar-refractivity contribution in [3.05, 3.63) is 180 Å². The van der Waals surface area contributed by atoms with E-state index in [-0.39, 0.29) is 0 Å². The van der Waals surface area contributed by atoms with E-state index in [1.807, 2.05) is 32.6 Å². The van der Waals surface area contributed by atoms with Crippen molar-refractivity contribution >= 4 is 32.3 Å². The zero-order valence-corrected chi connectivity index (χ0v) is 28.6. The van der Waals surface area contributed by atoms with Crippen molar-refractivity contribution in [3.8, 4) is 0 Å². The lowest BCUT2D eigenvalue weighted by atomic mass is 10.0. The third-order valence-electron chi connectivity index (χ3n) is 9.55. The Hall–Kier alpha value is -6.52. The molecular weight excluding hydrogens is 645 g/mol. The van der Waals surface area contributed by atoms with Crippen molar-refractivity contribution < 1.29 is 0 Å². The van der Waals surface area contributed by atoms with Gasteiger partial charge >= 0.3 is 0 Å². The van der Waals surface area contributed by atoms with Gasteiger partial charge in [0.05, 0.1) is 55.3 Å². The molecule has 0 radical (unpaired) electrons. The van der Waals surface area contributed by atoms with Crippen LogP contribution in [0.5, 0.6) is 0 Å². The van der Waals surface area contributed by atoms with Crippen LogP contribution < -0.4 is 0 Å². The van der Waals surface area contributed by atoms with Crippen LogP contribution >= 0.6 is 0 Å². The van der Waals surface area contributed by atoms with Gasteiger partial charge in [-0.2, -0.15) is 0 Å². The summed E-state index contributed by atoms with van der Waals surface area (Å²) >= 11 is 0. The van der Waals surface area contributed by atoms with Crippen LogP contribution in [0.3, 0.4) is 0 Å². The first kappa shape index (κ1) is 31.5. The van der Waals surface area contributed by atoms with Crippen LogP contribution in [0.15, 0.2) is 146 Å². The van der Waals surface area contributed by atoms with Gasteiger partial charge in [-0.15, -0.1) is 15.3 Å². The molecule has 0 N–H and O–H groups in total. The van der Waals surface area contributed by atoms with E-state index in [2.05, 4.69) is 163 Å². The molecule has 0 aliphatic carbocycles. The molecule has 0 fully saturated rings. The average Bonchev–Trinajstić information content (AvgIpc) is 3.94. The molecule has 0 amide bonds. The van der Waals surface area contributed by atoms with Gasteiger partial charge in [0.1, 0.15) is 0 Å². The van der Waals surface area contributed by atoms with E-state index in [9.17, 15) is 0 Å². The highest BCUT2D eigenvalue weighted by atomic mass is 15.4. The summed E-state index contributed by atoms with van der Waals surface area (Å²) in [5, 5.41) is 34.6. The molecule has 0 unspecified atom stereocenters. The summed E-state index contributed by atoms with van der Waals surface area (Å²) in [5.74, 6) is 0. The summed E-state index contributed by atoms with van der Waals surface area (Å²) in [6.45, 7) is 3.59. The first-order valence-electron chi connectivity index (χ1n) is 17.5. The molecule has 0 saturated heterocycles. The van der Waals surface area contributed by atoms with Crippen LogP contribution in [-0.2, 0) is 39.3 Å². The van der Waals surface area contributed by atoms with Crippen LogP contribution in [0.25, 0.3) is 32.3 Å². The Morgan fingerprint density at radius 3 is 1.02 bits per heavy atom. The maximum absolute atomic E-state index is 4.58. The van der Waals surface area contributed by atoms with Crippen molar-refractivity contribution in [1.29, 1.82) is 0 Å². The van der Waals surface area contributed by atoms with Gasteiger partial charge in [0.25, 0.3) is 0 Å². The quantitative estimate of drug-likeness (QED) is 0.134. The molecule has 10 nitrogen and oxygen atoms in total.